The van der Waals surface area contributed by atoms with Gasteiger partial charge in [-0.2, -0.15) is 5.26 Å². The van der Waals surface area contributed by atoms with E-state index in [1.807, 2.05) is 0 Å². The van der Waals surface area contributed by atoms with Crippen molar-refractivity contribution in [3.05, 3.63) is 39.6 Å². The summed E-state index contributed by atoms with van der Waals surface area (Å²) >= 11 is 3.02. The Hall–Kier alpha value is -1.67. The van der Waals surface area contributed by atoms with Gasteiger partial charge in [0.25, 0.3) is 5.91 Å². The van der Waals surface area contributed by atoms with Gasteiger partial charge < -0.3 is 5.32 Å². The van der Waals surface area contributed by atoms with Crippen molar-refractivity contribution in [3.63, 3.8) is 0 Å². The number of benzene rings is 1. The van der Waals surface area contributed by atoms with Gasteiger partial charge in [-0.25, -0.2) is 4.39 Å². The maximum absolute atomic E-state index is 12.9. The molecule has 1 rings (SSSR count). The highest BCUT2D eigenvalue weighted by atomic mass is 79.9. The van der Waals surface area contributed by atoms with E-state index in [9.17, 15) is 9.18 Å². The van der Waals surface area contributed by atoms with Crippen LogP contribution in [0.25, 0.3) is 6.08 Å². The van der Waals surface area contributed by atoms with Gasteiger partial charge in [-0.3, -0.25) is 4.79 Å². The number of rotatable bonds is 2. The first-order chi connectivity index (χ1) is 7.58. The summed E-state index contributed by atoms with van der Waals surface area (Å²) in [5.41, 5.74) is 0.550. The molecule has 0 atom stereocenters. The highest BCUT2D eigenvalue weighted by Crippen LogP contribution is 2.18. The molecule has 0 aliphatic heterocycles. The lowest BCUT2D eigenvalue weighted by molar-refractivity contribution is -0.116. The Morgan fingerprint density at radius 3 is 2.81 bits per heavy atom. The lowest BCUT2D eigenvalue weighted by atomic mass is 10.1. The molecule has 0 bridgehead atoms. The molecule has 0 aromatic heterocycles. The minimum Gasteiger partial charge on any atom is -0.354 e. The number of likely N-dealkylation sites (N-methyl/N-ethyl adjacent to an activating group) is 1. The van der Waals surface area contributed by atoms with Crippen molar-refractivity contribution in [2.75, 3.05) is 7.05 Å². The minimum atomic E-state index is -0.469. The SMILES string of the molecule is CNC(=O)/C(C#N)=C/c1ccc(F)c(Br)c1. The van der Waals surface area contributed by atoms with Gasteiger partial charge >= 0.3 is 0 Å². The summed E-state index contributed by atoms with van der Waals surface area (Å²) in [5.74, 6) is -0.862. The molecule has 0 spiro atoms. The third-order valence-corrected chi connectivity index (χ3v) is 2.45. The maximum Gasteiger partial charge on any atom is 0.261 e. The van der Waals surface area contributed by atoms with Gasteiger partial charge in [-0.05, 0) is 39.7 Å². The number of amides is 1. The van der Waals surface area contributed by atoms with Crippen molar-refractivity contribution in [2.24, 2.45) is 0 Å². The van der Waals surface area contributed by atoms with Gasteiger partial charge in [0.2, 0.25) is 0 Å². The van der Waals surface area contributed by atoms with Crippen molar-refractivity contribution in [1.29, 1.82) is 5.26 Å². The van der Waals surface area contributed by atoms with E-state index in [2.05, 4.69) is 21.2 Å². The monoisotopic (exact) mass is 282 g/mol. The summed E-state index contributed by atoms with van der Waals surface area (Å²) in [6.45, 7) is 0. The second-order valence-corrected chi connectivity index (χ2v) is 3.78. The largest absolute Gasteiger partial charge is 0.354 e. The van der Waals surface area contributed by atoms with Crippen LogP contribution in [-0.4, -0.2) is 13.0 Å². The summed E-state index contributed by atoms with van der Waals surface area (Å²) in [6, 6.07) is 6.02. The van der Waals surface area contributed by atoms with Gasteiger partial charge in [-0.1, -0.05) is 6.07 Å². The zero-order valence-corrected chi connectivity index (χ0v) is 10.0. The molecule has 1 aromatic carbocycles. The number of carbonyl (C=O) groups is 1. The Morgan fingerprint density at radius 1 is 1.62 bits per heavy atom. The van der Waals surface area contributed by atoms with Crippen LogP contribution in [-0.2, 0) is 4.79 Å². The lowest BCUT2D eigenvalue weighted by Crippen LogP contribution is -2.19. The van der Waals surface area contributed by atoms with Crippen LogP contribution < -0.4 is 5.32 Å². The molecule has 0 aliphatic rings. The Morgan fingerprint density at radius 2 is 2.31 bits per heavy atom. The summed E-state index contributed by atoms with van der Waals surface area (Å²) in [5, 5.41) is 11.1. The first kappa shape index (κ1) is 12.4. The van der Waals surface area contributed by atoms with Crippen LogP contribution in [0, 0.1) is 17.1 Å². The second-order valence-electron chi connectivity index (χ2n) is 2.92. The normalized spacial score (nSPS) is 10.8. The summed E-state index contributed by atoms with van der Waals surface area (Å²) in [7, 11) is 1.44. The van der Waals surface area contributed by atoms with E-state index in [0.717, 1.165) is 0 Å². The smallest absolute Gasteiger partial charge is 0.261 e. The molecule has 0 fully saturated rings. The van der Waals surface area contributed by atoms with Crippen LogP contribution in [0.2, 0.25) is 0 Å². The minimum absolute atomic E-state index is 0.0268. The second kappa shape index (κ2) is 5.42. The molecule has 1 amide bonds. The zero-order valence-electron chi connectivity index (χ0n) is 8.42. The number of nitrogens with one attached hydrogen (secondary N) is 1. The van der Waals surface area contributed by atoms with Crippen molar-refractivity contribution >= 4 is 27.9 Å². The molecule has 0 unspecified atom stereocenters. The molecule has 0 heterocycles. The third kappa shape index (κ3) is 2.91. The predicted octanol–water partition coefficient (Wildman–Crippen LogP) is 2.24. The van der Waals surface area contributed by atoms with E-state index in [1.54, 1.807) is 6.07 Å². The Labute approximate surface area is 101 Å². The molecule has 0 saturated heterocycles. The van der Waals surface area contributed by atoms with Gasteiger partial charge in [0, 0.05) is 7.05 Å². The maximum atomic E-state index is 12.9. The molecule has 0 aliphatic carbocycles. The number of hydrogen-bond donors (Lipinski definition) is 1. The van der Waals surface area contributed by atoms with E-state index >= 15 is 0 Å². The quantitative estimate of drug-likeness (QED) is 0.668. The molecule has 0 radical (unpaired) electrons. The van der Waals surface area contributed by atoms with E-state index in [-0.39, 0.29) is 10.0 Å². The molecule has 1 aromatic rings. The van der Waals surface area contributed by atoms with E-state index in [1.165, 1.54) is 31.3 Å². The van der Waals surface area contributed by atoms with E-state index in [0.29, 0.717) is 5.56 Å². The van der Waals surface area contributed by atoms with Crippen molar-refractivity contribution < 1.29 is 9.18 Å². The average molecular weight is 283 g/mol. The van der Waals surface area contributed by atoms with Crippen LogP contribution in [0.15, 0.2) is 28.2 Å². The molecule has 5 heteroatoms. The fourth-order valence-electron chi connectivity index (χ4n) is 1.05. The Balaban J connectivity index is 3.10. The van der Waals surface area contributed by atoms with Gasteiger partial charge in [-0.15, -0.1) is 0 Å². The van der Waals surface area contributed by atoms with Gasteiger partial charge in [0.15, 0.2) is 0 Å². The first-order valence-corrected chi connectivity index (χ1v) is 5.16. The molecular weight excluding hydrogens is 275 g/mol. The fraction of sp³-hybridized carbons (Fsp3) is 0.0909. The molecule has 82 valence electrons. The number of hydrogen-bond acceptors (Lipinski definition) is 2. The van der Waals surface area contributed by atoms with E-state index < -0.39 is 11.7 Å². The standard InChI is InChI=1S/C11H8BrFN2O/c1-15-11(16)8(6-14)4-7-2-3-10(13)9(12)5-7/h2-5H,1H3,(H,15,16)/b8-4+. The number of halogens is 2. The molecule has 3 nitrogen and oxygen atoms in total. The van der Waals surface area contributed by atoms with Gasteiger partial charge in [0.05, 0.1) is 4.47 Å². The first-order valence-electron chi connectivity index (χ1n) is 4.37. The molecule has 0 saturated carbocycles. The van der Waals surface area contributed by atoms with Crippen molar-refractivity contribution in [1.82, 2.24) is 5.32 Å². The van der Waals surface area contributed by atoms with Crippen LogP contribution in [0.5, 0.6) is 0 Å². The average Bonchev–Trinajstić information content (AvgIpc) is 2.29. The van der Waals surface area contributed by atoms with Crippen molar-refractivity contribution in [2.45, 2.75) is 0 Å². The van der Waals surface area contributed by atoms with Crippen LogP contribution in [0.3, 0.4) is 0 Å². The highest BCUT2D eigenvalue weighted by molar-refractivity contribution is 9.10. The van der Waals surface area contributed by atoms with Gasteiger partial charge in [0.1, 0.15) is 17.5 Å². The predicted molar refractivity (Wildman–Crippen MR) is 61.8 cm³/mol. The lowest BCUT2D eigenvalue weighted by Gasteiger charge is -1.99. The summed E-state index contributed by atoms with van der Waals surface area (Å²) in [4.78, 5) is 11.2. The summed E-state index contributed by atoms with van der Waals surface area (Å²) in [6.07, 6.45) is 1.39. The molecule has 1 N–H and O–H groups in total. The number of nitriles is 1. The number of carbonyl (C=O) groups excluding carboxylic acids is 1. The molecule has 16 heavy (non-hydrogen) atoms. The Kier molecular flexibility index (Phi) is 4.20. The highest BCUT2D eigenvalue weighted by Gasteiger charge is 2.06. The number of nitrogens with zero attached hydrogens (tertiary/aromatic N) is 1. The van der Waals surface area contributed by atoms with Crippen molar-refractivity contribution in [3.8, 4) is 6.07 Å². The van der Waals surface area contributed by atoms with Crippen LogP contribution in [0.1, 0.15) is 5.56 Å². The zero-order chi connectivity index (χ0) is 12.1. The fourth-order valence-corrected chi connectivity index (χ4v) is 1.45. The van der Waals surface area contributed by atoms with Crippen LogP contribution >= 0.6 is 15.9 Å². The Bertz CT molecular complexity index is 491. The third-order valence-electron chi connectivity index (χ3n) is 1.85. The van der Waals surface area contributed by atoms with Crippen LogP contribution in [0.4, 0.5) is 4.39 Å². The van der Waals surface area contributed by atoms with E-state index in [4.69, 9.17) is 5.26 Å². The molecular formula is C11H8BrFN2O. The topological polar surface area (TPSA) is 52.9 Å². The summed E-state index contributed by atoms with van der Waals surface area (Å²) < 4.78 is 13.2.